The summed E-state index contributed by atoms with van der Waals surface area (Å²) in [6.07, 6.45) is -3.81. The van der Waals surface area contributed by atoms with E-state index in [4.69, 9.17) is 5.26 Å². The highest BCUT2D eigenvalue weighted by atomic mass is 19.4. The van der Waals surface area contributed by atoms with Crippen molar-refractivity contribution in [2.24, 2.45) is 5.92 Å². The van der Waals surface area contributed by atoms with Crippen LogP contribution >= 0.6 is 0 Å². The van der Waals surface area contributed by atoms with Crippen LogP contribution in [0.1, 0.15) is 17.5 Å². The van der Waals surface area contributed by atoms with Crippen LogP contribution in [0.25, 0.3) is 0 Å². The van der Waals surface area contributed by atoms with Crippen molar-refractivity contribution < 1.29 is 18.0 Å². The molecular weight excluding hydrogens is 355 g/mol. The Kier molecular flexibility index (Phi) is 5.36. The molecule has 0 saturated carbocycles. The normalized spacial score (nSPS) is 16.4. The molecular formula is C20H18F3N3O. The molecule has 0 saturated heterocycles. The molecule has 0 aliphatic carbocycles. The summed E-state index contributed by atoms with van der Waals surface area (Å²) in [5.74, 6) is -0.234. The minimum Gasteiger partial charge on any atom is -0.355 e. The summed E-state index contributed by atoms with van der Waals surface area (Å²) in [7, 11) is 0. The zero-order valence-electron chi connectivity index (χ0n) is 14.5. The number of carbonyl (C=O) groups excluding carboxylic acids is 1. The minimum atomic E-state index is -4.37. The third kappa shape index (κ3) is 4.40. The highest BCUT2D eigenvalue weighted by Crippen LogP contribution is 2.37. The van der Waals surface area contributed by atoms with Crippen molar-refractivity contribution >= 4 is 17.3 Å². The standard InChI is InChI=1S/C20H18F3N3O/c21-20(22,23)16-5-7-17(8-6-16)26-13-14(12-25-19(27)9-10-24)11-15-3-1-2-4-18(15)26/h1-8,14H,9,11-13H2,(H,25,27). The van der Waals surface area contributed by atoms with Gasteiger partial charge in [-0.25, -0.2) is 0 Å². The van der Waals surface area contributed by atoms with Gasteiger partial charge < -0.3 is 10.2 Å². The second kappa shape index (κ2) is 7.70. The Labute approximate surface area is 155 Å². The van der Waals surface area contributed by atoms with Gasteiger partial charge in [-0.05, 0) is 48.2 Å². The van der Waals surface area contributed by atoms with Gasteiger partial charge in [-0.3, -0.25) is 4.79 Å². The van der Waals surface area contributed by atoms with E-state index in [-0.39, 0.29) is 18.2 Å². The molecule has 0 aromatic heterocycles. The van der Waals surface area contributed by atoms with Crippen molar-refractivity contribution in [1.82, 2.24) is 5.32 Å². The molecule has 2 aromatic rings. The van der Waals surface area contributed by atoms with E-state index in [1.807, 2.05) is 35.2 Å². The number of fused-ring (bicyclic) bond motifs is 1. The fraction of sp³-hybridized carbons (Fsp3) is 0.300. The maximum absolute atomic E-state index is 12.8. The van der Waals surface area contributed by atoms with E-state index >= 15 is 0 Å². The van der Waals surface area contributed by atoms with Gasteiger partial charge in [0.15, 0.2) is 0 Å². The van der Waals surface area contributed by atoms with E-state index in [1.165, 1.54) is 12.1 Å². The first-order valence-electron chi connectivity index (χ1n) is 8.55. The SMILES string of the molecule is N#CCC(=O)NCC1Cc2ccccc2N(c2ccc(C(F)(F)F)cc2)C1. The number of para-hydroxylation sites is 1. The van der Waals surface area contributed by atoms with Crippen molar-refractivity contribution in [2.45, 2.75) is 19.0 Å². The van der Waals surface area contributed by atoms with Crippen molar-refractivity contribution in [1.29, 1.82) is 5.26 Å². The Morgan fingerprint density at radius 2 is 1.89 bits per heavy atom. The Morgan fingerprint density at radius 1 is 1.19 bits per heavy atom. The largest absolute Gasteiger partial charge is 0.416 e. The van der Waals surface area contributed by atoms with Crippen LogP contribution < -0.4 is 10.2 Å². The molecule has 27 heavy (non-hydrogen) atoms. The van der Waals surface area contributed by atoms with Gasteiger partial charge in [0.05, 0.1) is 11.6 Å². The number of amides is 1. The van der Waals surface area contributed by atoms with Gasteiger partial charge in [-0.1, -0.05) is 18.2 Å². The van der Waals surface area contributed by atoms with E-state index in [0.29, 0.717) is 18.8 Å². The fourth-order valence-electron chi connectivity index (χ4n) is 3.28. The molecule has 0 radical (unpaired) electrons. The van der Waals surface area contributed by atoms with Crippen LogP contribution in [0.15, 0.2) is 48.5 Å². The minimum absolute atomic E-state index is 0.0878. The lowest BCUT2D eigenvalue weighted by Crippen LogP contribution is -2.39. The monoisotopic (exact) mass is 373 g/mol. The first kappa shape index (κ1) is 18.8. The predicted molar refractivity (Wildman–Crippen MR) is 95.3 cm³/mol. The van der Waals surface area contributed by atoms with Crippen LogP contribution in [-0.4, -0.2) is 19.0 Å². The molecule has 4 nitrogen and oxygen atoms in total. The van der Waals surface area contributed by atoms with Crippen LogP contribution in [0, 0.1) is 17.2 Å². The van der Waals surface area contributed by atoms with Gasteiger partial charge in [0.25, 0.3) is 0 Å². The number of hydrogen-bond donors (Lipinski definition) is 1. The second-order valence-corrected chi connectivity index (χ2v) is 6.49. The van der Waals surface area contributed by atoms with Gasteiger partial charge in [0.1, 0.15) is 6.42 Å². The van der Waals surface area contributed by atoms with Crippen LogP contribution in [0.4, 0.5) is 24.5 Å². The first-order chi connectivity index (χ1) is 12.9. The summed E-state index contributed by atoms with van der Waals surface area (Å²) in [5.41, 5.74) is 2.01. The number of rotatable bonds is 4. The van der Waals surface area contributed by atoms with Crippen molar-refractivity contribution in [2.75, 3.05) is 18.0 Å². The van der Waals surface area contributed by atoms with Crippen LogP contribution in [0.3, 0.4) is 0 Å². The van der Waals surface area contributed by atoms with Crippen molar-refractivity contribution in [3.05, 3.63) is 59.7 Å². The summed E-state index contributed by atoms with van der Waals surface area (Å²) in [6, 6.07) is 14.6. The maximum Gasteiger partial charge on any atom is 0.416 e. The molecule has 1 aliphatic heterocycles. The molecule has 1 atom stereocenters. The summed E-state index contributed by atoms with van der Waals surface area (Å²) in [4.78, 5) is 13.5. The highest BCUT2D eigenvalue weighted by molar-refractivity contribution is 5.78. The Bertz CT molecular complexity index is 856. The molecule has 0 spiro atoms. The van der Waals surface area contributed by atoms with Gasteiger partial charge in [0.2, 0.25) is 5.91 Å². The summed E-state index contributed by atoms with van der Waals surface area (Å²) >= 11 is 0. The fourth-order valence-corrected chi connectivity index (χ4v) is 3.28. The zero-order chi connectivity index (χ0) is 19.4. The van der Waals surface area contributed by atoms with Crippen LogP contribution in [0.2, 0.25) is 0 Å². The number of benzene rings is 2. The van der Waals surface area contributed by atoms with E-state index in [1.54, 1.807) is 0 Å². The Balaban J connectivity index is 1.83. The lowest BCUT2D eigenvalue weighted by atomic mass is 9.91. The Morgan fingerprint density at radius 3 is 2.56 bits per heavy atom. The number of nitrogens with zero attached hydrogens (tertiary/aromatic N) is 2. The average Bonchev–Trinajstić information content (AvgIpc) is 2.65. The molecule has 140 valence electrons. The van der Waals surface area contributed by atoms with Crippen LogP contribution in [0.5, 0.6) is 0 Å². The molecule has 3 rings (SSSR count). The van der Waals surface area contributed by atoms with Crippen molar-refractivity contribution in [3.63, 3.8) is 0 Å². The zero-order valence-corrected chi connectivity index (χ0v) is 14.5. The van der Waals surface area contributed by atoms with Gasteiger partial charge in [-0.15, -0.1) is 0 Å². The molecule has 1 aliphatic rings. The van der Waals surface area contributed by atoms with Crippen molar-refractivity contribution in [3.8, 4) is 6.07 Å². The third-order valence-corrected chi connectivity index (χ3v) is 4.57. The lowest BCUT2D eigenvalue weighted by molar-refractivity contribution is -0.137. The number of carbonyl (C=O) groups is 1. The molecule has 2 aromatic carbocycles. The predicted octanol–water partition coefficient (Wildman–Crippen LogP) is 4.05. The molecule has 1 heterocycles. The molecule has 0 fully saturated rings. The van der Waals surface area contributed by atoms with Gasteiger partial charge in [-0.2, -0.15) is 18.4 Å². The average molecular weight is 373 g/mol. The first-order valence-corrected chi connectivity index (χ1v) is 8.55. The highest BCUT2D eigenvalue weighted by Gasteiger charge is 2.31. The smallest absolute Gasteiger partial charge is 0.355 e. The number of halogens is 3. The lowest BCUT2D eigenvalue weighted by Gasteiger charge is -2.36. The summed E-state index contributed by atoms with van der Waals surface area (Å²) in [5, 5.41) is 11.3. The van der Waals surface area contributed by atoms with Gasteiger partial charge in [0, 0.05) is 24.5 Å². The number of nitriles is 1. The number of hydrogen-bond acceptors (Lipinski definition) is 3. The van der Waals surface area contributed by atoms with Crippen LogP contribution in [-0.2, 0) is 17.4 Å². The number of alkyl halides is 3. The quantitative estimate of drug-likeness (QED) is 0.880. The topological polar surface area (TPSA) is 56.1 Å². The van der Waals surface area contributed by atoms with E-state index in [9.17, 15) is 18.0 Å². The number of nitrogens with one attached hydrogen (secondary N) is 1. The van der Waals surface area contributed by atoms with E-state index in [2.05, 4.69) is 5.32 Å². The molecule has 7 heteroatoms. The molecule has 1 unspecified atom stereocenters. The molecule has 0 bridgehead atoms. The molecule has 1 N–H and O–H groups in total. The maximum atomic E-state index is 12.8. The van der Waals surface area contributed by atoms with Gasteiger partial charge >= 0.3 is 6.18 Å². The van der Waals surface area contributed by atoms with E-state index in [0.717, 1.165) is 29.8 Å². The summed E-state index contributed by atoms with van der Waals surface area (Å²) < 4.78 is 38.5. The molecule has 1 amide bonds. The number of anilines is 2. The second-order valence-electron chi connectivity index (χ2n) is 6.49. The Hall–Kier alpha value is -3.01. The third-order valence-electron chi connectivity index (χ3n) is 4.57. The van der Waals surface area contributed by atoms with E-state index < -0.39 is 11.7 Å². The summed E-state index contributed by atoms with van der Waals surface area (Å²) in [6.45, 7) is 0.973.